The summed E-state index contributed by atoms with van der Waals surface area (Å²) in [5, 5.41) is 0. The number of hydrogen-bond acceptors (Lipinski definition) is 4. The second kappa shape index (κ2) is 5.87. The van der Waals surface area contributed by atoms with E-state index in [-0.39, 0.29) is 17.5 Å². The van der Waals surface area contributed by atoms with Crippen molar-refractivity contribution in [3.63, 3.8) is 0 Å². The molecule has 2 rings (SSSR count). The van der Waals surface area contributed by atoms with Gasteiger partial charge in [-0.15, -0.1) is 0 Å². The topological polar surface area (TPSA) is 52.6 Å². The first-order valence-electron chi connectivity index (χ1n) is 6.43. The summed E-state index contributed by atoms with van der Waals surface area (Å²) in [6, 6.07) is 5.19. The Hall–Kier alpha value is -1.84. The van der Waals surface area contributed by atoms with Crippen LogP contribution in [0.2, 0.25) is 0 Å². The van der Waals surface area contributed by atoms with E-state index in [1.165, 1.54) is 0 Å². The molecule has 1 aliphatic carbocycles. The number of hydrogen-bond donors (Lipinski definition) is 0. The molecule has 102 valence electrons. The predicted molar refractivity (Wildman–Crippen MR) is 70.8 cm³/mol. The number of Topliss-reactive ketones (excluding diaryl/α,β-unsaturated/α-hetero) is 2. The predicted octanol–water partition coefficient (Wildman–Crippen LogP) is 2.65. The van der Waals surface area contributed by atoms with Gasteiger partial charge in [0.15, 0.2) is 17.3 Å². The van der Waals surface area contributed by atoms with Crippen molar-refractivity contribution in [2.24, 2.45) is 5.92 Å². The van der Waals surface area contributed by atoms with Gasteiger partial charge in [-0.25, -0.2) is 0 Å². The molecule has 1 fully saturated rings. The van der Waals surface area contributed by atoms with Crippen molar-refractivity contribution in [2.75, 3.05) is 14.2 Å². The number of ether oxygens (including phenoxy) is 2. The molecule has 0 radical (unpaired) electrons. The molecule has 0 atom stereocenters. The van der Waals surface area contributed by atoms with Gasteiger partial charge in [-0.3, -0.25) is 9.59 Å². The number of carbonyl (C=O) groups excluding carboxylic acids is 2. The molecular formula is C15H18O4. The fourth-order valence-corrected chi connectivity index (χ4v) is 2.43. The van der Waals surface area contributed by atoms with Crippen LogP contribution in [0.15, 0.2) is 18.2 Å². The third-order valence-corrected chi connectivity index (χ3v) is 3.58. The van der Waals surface area contributed by atoms with Crippen LogP contribution in [0.3, 0.4) is 0 Å². The first-order valence-corrected chi connectivity index (χ1v) is 6.43. The van der Waals surface area contributed by atoms with E-state index < -0.39 is 0 Å². The fourth-order valence-electron chi connectivity index (χ4n) is 2.43. The molecule has 0 heterocycles. The Morgan fingerprint density at radius 3 is 2.32 bits per heavy atom. The highest BCUT2D eigenvalue weighted by molar-refractivity contribution is 5.99. The zero-order valence-corrected chi connectivity index (χ0v) is 11.3. The second-order valence-electron chi connectivity index (χ2n) is 4.75. The van der Waals surface area contributed by atoms with Crippen molar-refractivity contribution in [1.82, 2.24) is 0 Å². The van der Waals surface area contributed by atoms with Crippen LogP contribution in [0.4, 0.5) is 0 Å². The zero-order chi connectivity index (χ0) is 13.8. The van der Waals surface area contributed by atoms with Crippen molar-refractivity contribution in [3.8, 4) is 11.5 Å². The molecule has 0 saturated heterocycles. The molecule has 1 aliphatic rings. The Kier molecular flexibility index (Phi) is 4.20. The Morgan fingerprint density at radius 2 is 1.74 bits per heavy atom. The summed E-state index contributed by atoms with van der Waals surface area (Å²) in [4.78, 5) is 23.6. The van der Waals surface area contributed by atoms with Crippen LogP contribution in [0, 0.1) is 5.92 Å². The highest BCUT2D eigenvalue weighted by Gasteiger charge is 2.26. The van der Waals surface area contributed by atoms with Crippen molar-refractivity contribution >= 4 is 11.6 Å². The summed E-state index contributed by atoms with van der Waals surface area (Å²) >= 11 is 0. The molecule has 0 N–H and O–H groups in total. The molecule has 0 spiro atoms. The highest BCUT2D eigenvalue weighted by Crippen LogP contribution is 2.31. The van der Waals surface area contributed by atoms with Gasteiger partial charge in [-0.05, 0) is 31.0 Å². The Morgan fingerprint density at radius 1 is 1.11 bits per heavy atom. The quantitative estimate of drug-likeness (QED) is 0.783. The van der Waals surface area contributed by atoms with Crippen LogP contribution in [0.5, 0.6) is 11.5 Å². The van der Waals surface area contributed by atoms with Crippen LogP contribution in [0.1, 0.15) is 36.0 Å². The minimum Gasteiger partial charge on any atom is -0.493 e. The second-order valence-corrected chi connectivity index (χ2v) is 4.75. The number of methoxy groups -OCH3 is 2. The van der Waals surface area contributed by atoms with Crippen molar-refractivity contribution in [1.29, 1.82) is 0 Å². The van der Waals surface area contributed by atoms with Crippen LogP contribution < -0.4 is 9.47 Å². The number of carbonyl (C=O) groups is 2. The molecule has 0 aromatic heterocycles. The van der Waals surface area contributed by atoms with E-state index in [1.807, 2.05) is 0 Å². The van der Waals surface area contributed by atoms with Crippen LogP contribution >= 0.6 is 0 Å². The molecule has 0 unspecified atom stereocenters. The first-order chi connectivity index (χ1) is 9.15. The third-order valence-electron chi connectivity index (χ3n) is 3.58. The van der Waals surface area contributed by atoms with Gasteiger partial charge >= 0.3 is 0 Å². The molecule has 0 aliphatic heterocycles. The average molecular weight is 262 g/mol. The molecule has 4 heteroatoms. The van der Waals surface area contributed by atoms with Gasteiger partial charge < -0.3 is 9.47 Å². The molecule has 1 saturated carbocycles. The lowest BCUT2D eigenvalue weighted by Gasteiger charge is -2.20. The van der Waals surface area contributed by atoms with Crippen molar-refractivity contribution in [2.45, 2.75) is 25.7 Å². The van der Waals surface area contributed by atoms with E-state index in [0.29, 0.717) is 42.7 Å². The molecule has 1 aromatic rings. The van der Waals surface area contributed by atoms with Gasteiger partial charge in [0.2, 0.25) is 0 Å². The average Bonchev–Trinajstić information content (AvgIpc) is 2.46. The number of rotatable bonds is 4. The van der Waals surface area contributed by atoms with E-state index in [0.717, 1.165) is 0 Å². The van der Waals surface area contributed by atoms with Gasteiger partial charge in [-0.1, -0.05) is 0 Å². The van der Waals surface area contributed by atoms with E-state index in [9.17, 15) is 9.59 Å². The molecule has 0 amide bonds. The minimum atomic E-state index is -0.0456. The molecular weight excluding hydrogens is 244 g/mol. The summed E-state index contributed by atoms with van der Waals surface area (Å²) in [7, 11) is 3.11. The Bertz CT molecular complexity index is 483. The Balaban J connectivity index is 2.17. The smallest absolute Gasteiger partial charge is 0.166 e. The van der Waals surface area contributed by atoms with Crippen LogP contribution in [-0.4, -0.2) is 25.8 Å². The van der Waals surface area contributed by atoms with Crippen molar-refractivity contribution < 1.29 is 19.1 Å². The van der Waals surface area contributed by atoms with Gasteiger partial charge in [0.25, 0.3) is 0 Å². The lowest BCUT2D eigenvalue weighted by molar-refractivity contribution is -0.120. The summed E-state index contributed by atoms with van der Waals surface area (Å²) in [5.41, 5.74) is 0.622. The summed E-state index contributed by atoms with van der Waals surface area (Å²) < 4.78 is 10.3. The minimum absolute atomic E-state index is 0.0456. The fraction of sp³-hybridized carbons (Fsp3) is 0.467. The molecule has 1 aromatic carbocycles. The lowest BCUT2D eigenvalue weighted by atomic mass is 9.83. The molecule has 4 nitrogen and oxygen atoms in total. The Labute approximate surface area is 112 Å². The first kappa shape index (κ1) is 13.6. The normalized spacial score (nSPS) is 16.2. The summed E-state index contributed by atoms with van der Waals surface area (Å²) in [5.74, 6) is 1.47. The standard InChI is InChI=1S/C15H18O4/c1-18-13-8-5-11(9-14(13)19-2)15(17)10-3-6-12(16)7-4-10/h5,8-10H,3-4,6-7H2,1-2H3. The maximum Gasteiger partial charge on any atom is 0.166 e. The van der Waals surface area contributed by atoms with Gasteiger partial charge in [0.05, 0.1) is 14.2 Å². The lowest BCUT2D eigenvalue weighted by Crippen LogP contribution is -2.21. The highest BCUT2D eigenvalue weighted by atomic mass is 16.5. The SMILES string of the molecule is COc1ccc(C(=O)C2CCC(=O)CC2)cc1OC. The molecule has 19 heavy (non-hydrogen) atoms. The van der Waals surface area contributed by atoms with E-state index in [1.54, 1.807) is 32.4 Å². The van der Waals surface area contributed by atoms with Crippen LogP contribution in [0.25, 0.3) is 0 Å². The zero-order valence-electron chi connectivity index (χ0n) is 11.3. The van der Waals surface area contributed by atoms with E-state index >= 15 is 0 Å². The summed E-state index contributed by atoms with van der Waals surface area (Å²) in [6.07, 6.45) is 2.35. The van der Waals surface area contributed by atoms with Gasteiger partial charge in [-0.2, -0.15) is 0 Å². The van der Waals surface area contributed by atoms with Crippen LogP contribution in [-0.2, 0) is 4.79 Å². The van der Waals surface area contributed by atoms with Gasteiger partial charge in [0.1, 0.15) is 5.78 Å². The largest absolute Gasteiger partial charge is 0.493 e. The van der Waals surface area contributed by atoms with Crippen molar-refractivity contribution in [3.05, 3.63) is 23.8 Å². The molecule has 0 bridgehead atoms. The monoisotopic (exact) mass is 262 g/mol. The van der Waals surface area contributed by atoms with E-state index in [4.69, 9.17) is 9.47 Å². The maximum absolute atomic E-state index is 12.4. The summed E-state index contributed by atoms with van der Waals surface area (Å²) in [6.45, 7) is 0. The van der Waals surface area contributed by atoms with Gasteiger partial charge in [0, 0.05) is 24.3 Å². The number of benzene rings is 1. The number of ketones is 2. The third kappa shape index (κ3) is 2.95. The van der Waals surface area contributed by atoms with E-state index in [2.05, 4.69) is 0 Å². The maximum atomic E-state index is 12.4.